The van der Waals surface area contributed by atoms with Gasteiger partial charge in [-0.1, -0.05) is 19.1 Å². The maximum absolute atomic E-state index is 12.6. The van der Waals surface area contributed by atoms with Gasteiger partial charge < -0.3 is 15.7 Å². The Bertz CT molecular complexity index is 806. The predicted molar refractivity (Wildman–Crippen MR) is 95.1 cm³/mol. The van der Waals surface area contributed by atoms with Gasteiger partial charge in [-0.2, -0.15) is 13.2 Å². The molecule has 0 aliphatic heterocycles. The molecule has 1 amide bonds. The number of anilines is 2. The lowest BCUT2D eigenvalue weighted by Crippen LogP contribution is -2.42. The van der Waals surface area contributed by atoms with Crippen LogP contribution in [0.15, 0.2) is 29.6 Å². The molecule has 0 radical (unpaired) electrons. The van der Waals surface area contributed by atoms with E-state index in [-0.39, 0.29) is 11.6 Å². The van der Waals surface area contributed by atoms with Crippen molar-refractivity contribution >= 4 is 34.0 Å². The fourth-order valence-electron chi connectivity index (χ4n) is 2.23. The Morgan fingerprint density at radius 3 is 2.37 bits per heavy atom. The second kappa shape index (κ2) is 8.38. The summed E-state index contributed by atoms with van der Waals surface area (Å²) >= 11 is 0.837. The van der Waals surface area contributed by atoms with E-state index in [0.717, 1.165) is 16.7 Å². The first-order valence-corrected chi connectivity index (χ1v) is 8.92. The number of benzene rings is 1. The molecular formula is C17H18F3N3O3S. The highest BCUT2D eigenvalue weighted by Gasteiger charge is 2.33. The summed E-state index contributed by atoms with van der Waals surface area (Å²) < 4.78 is 37.7. The number of nitrogens with one attached hydrogen (secondary N) is 2. The topological polar surface area (TPSA) is 91.3 Å². The second-order valence-corrected chi connectivity index (χ2v) is 6.67. The van der Waals surface area contributed by atoms with Crippen molar-refractivity contribution in [1.29, 1.82) is 0 Å². The zero-order valence-corrected chi connectivity index (χ0v) is 15.3. The van der Waals surface area contributed by atoms with Crippen LogP contribution in [0.4, 0.5) is 24.0 Å². The van der Waals surface area contributed by atoms with Crippen molar-refractivity contribution in [2.24, 2.45) is 0 Å². The van der Waals surface area contributed by atoms with Crippen LogP contribution in [0.5, 0.6) is 0 Å². The van der Waals surface area contributed by atoms with Gasteiger partial charge in [-0.3, -0.25) is 4.79 Å². The summed E-state index contributed by atoms with van der Waals surface area (Å²) in [5, 5.41) is 15.3. The summed E-state index contributed by atoms with van der Waals surface area (Å²) in [5.41, 5.74) is 0.209. The number of carbonyl (C=O) groups is 2. The third-order valence-electron chi connectivity index (χ3n) is 3.87. The molecule has 2 rings (SSSR count). The number of halogens is 3. The molecule has 0 aliphatic carbocycles. The van der Waals surface area contributed by atoms with Crippen molar-refractivity contribution in [1.82, 2.24) is 10.3 Å². The van der Waals surface area contributed by atoms with Crippen molar-refractivity contribution in [3.05, 3.63) is 40.9 Å². The minimum Gasteiger partial charge on any atom is -0.480 e. The summed E-state index contributed by atoms with van der Waals surface area (Å²) in [6, 6.07) is 5.57. The van der Waals surface area contributed by atoms with Crippen molar-refractivity contribution in [2.45, 2.75) is 38.4 Å². The van der Waals surface area contributed by atoms with E-state index in [1.165, 1.54) is 0 Å². The van der Waals surface area contributed by atoms with Crippen molar-refractivity contribution in [2.75, 3.05) is 5.32 Å². The molecule has 2 atom stereocenters. The minimum atomic E-state index is -4.49. The normalized spacial score (nSPS) is 13.7. The maximum atomic E-state index is 12.6. The first-order valence-electron chi connectivity index (χ1n) is 8.04. The molecule has 0 saturated heterocycles. The van der Waals surface area contributed by atoms with Crippen LogP contribution >= 0.6 is 11.3 Å². The monoisotopic (exact) mass is 401 g/mol. The van der Waals surface area contributed by atoms with Gasteiger partial charge in [0.25, 0.3) is 0 Å². The third kappa shape index (κ3) is 5.43. The Kier molecular flexibility index (Phi) is 6.42. The molecule has 0 bridgehead atoms. The van der Waals surface area contributed by atoms with Crippen molar-refractivity contribution in [3.63, 3.8) is 0 Å². The third-order valence-corrected chi connectivity index (χ3v) is 4.63. The summed E-state index contributed by atoms with van der Waals surface area (Å²) in [7, 11) is 0. The Hall–Kier alpha value is -2.62. The summed E-state index contributed by atoms with van der Waals surface area (Å²) in [5.74, 6) is -2.09. The van der Waals surface area contributed by atoms with Crippen LogP contribution in [0, 0.1) is 0 Å². The van der Waals surface area contributed by atoms with Crippen LogP contribution in [-0.4, -0.2) is 28.0 Å². The van der Waals surface area contributed by atoms with Gasteiger partial charge in [-0.25, -0.2) is 9.78 Å². The first-order chi connectivity index (χ1) is 12.6. The van der Waals surface area contributed by atoms with Gasteiger partial charge >= 0.3 is 12.1 Å². The first kappa shape index (κ1) is 20.7. The molecule has 10 heteroatoms. The highest BCUT2D eigenvalue weighted by Crippen LogP contribution is 2.32. The molecule has 3 N–H and O–H groups in total. The Labute approximate surface area is 157 Å². The number of aromatic nitrogens is 1. The van der Waals surface area contributed by atoms with E-state index < -0.39 is 35.7 Å². The van der Waals surface area contributed by atoms with Gasteiger partial charge in [0, 0.05) is 11.1 Å². The number of amides is 1. The van der Waals surface area contributed by atoms with Crippen LogP contribution in [0.3, 0.4) is 0 Å². The molecule has 1 aromatic heterocycles. The highest BCUT2D eigenvalue weighted by molar-refractivity contribution is 7.13. The Morgan fingerprint density at radius 1 is 1.26 bits per heavy atom. The molecule has 0 saturated carbocycles. The van der Waals surface area contributed by atoms with Gasteiger partial charge in [0.05, 0.1) is 5.92 Å². The standard InChI is InChI=1S/C17H18F3N3O3S/c1-3-12(15(25)26)22-14(24)9(2)10-4-6-11(7-5-10)21-16-23-13(8-27-16)17(18,19)20/h4-9,12H,3H2,1-2H3,(H,21,23)(H,22,24)(H,25,26)/t9-,12+/m0/s1. The van der Waals surface area contributed by atoms with E-state index in [9.17, 15) is 22.8 Å². The lowest BCUT2D eigenvalue weighted by Gasteiger charge is -2.17. The van der Waals surface area contributed by atoms with Gasteiger partial charge in [0.2, 0.25) is 5.91 Å². The van der Waals surface area contributed by atoms with Crippen molar-refractivity contribution < 1.29 is 27.9 Å². The Balaban J connectivity index is 2.02. The molecule has 0 unspecified atom stereocenters. The van der Waals surface area contributed by atoms with Crippen LogP contribution in [0.25, 0.3) is 0 Å². The second-order valence-electron chi connectivity index (χ2n) is 5.81. The van der Waals surface area contributed by atoms with Gasteiger partial charge in [0.15, 0.2) is 10.8 Å². The highest BCUT2D eigenvalue weighted by atomic mass is 32.1. The van der Waals surface area contributed by atoms with E-state index >= 15 is 0 Å². The molecule has 2 aromatic rings. The molecular weight excluding hydrogens is 383 g/mol. The zero-order valence-electron chi connectivity index (χ0n) is 14.5. The van der Waals surface area contributed by atoms with Crippen LogP contribution in [0.2, 0.25) is 0 Å². The predicted octanol–water partition coefficient (Wildman–Crippen LogP) is 3.99. The number of carboxylic acid groups (broad SMARTS) is 1. The fraction of sp³-hybridized carbons (Fsp3) is 0.353. The molecule has 146 valence electrons. The van der Waals surface area contributed by atoms with Crippen LogP contribution in [0.1, 0.15) is 37.4 Å². The molecule has 0 aliphatic rings. The number of carbonyl (C=O) groups excluding carboxylic acids is 1. The number of rotatable bonds is 7. The minimum absolute atomic E-state index is 0.105. The average molecular weight is 401 g/mol. The SMILES string of the molecule is CC[C@@H](NC(=O)[C@@H](C)c1ccc(Nc2nc(C(F)(F)F)cs2)cc1)C(=O)O. The molecule has 1 aromatic carbocycles. The van der Waals surface area contributed by atoms with Crippen LogP contribution < -0.4 is 10.6 Å². The zero-order chi connectivity index (χ0) is 20.2. The lowest BCUT2D eigenvalue weighted by molar-refractivity contribution is -0.142. The number of aliphatic carboxylic acids is 1. The maximum Gasteiger partial charge on any atom is 0.434 e. The summed E-state index contributed by atoms with van der Waals surface area (Å²) in [4.78, 5) is 26.7. The largest absolute Gasteiger partial charge is 0.480 e. The van der Waals surface area contributed by atoms with E-state index in [2.05, 4.69) is 15.6 Å². The van der Waals surface area contributed by atoms with Crippen LogP contribution in [-0.2, 0) is 15.8 Å². The summed E-state index contributed by atoms with van der Waals surface area (Å²) in [6.45, 7) is 3.30. The molecule has 6 nitrogen and oxygen atoms in total. The summed E-state index contributed by atoms with van der Waals surface area (Å²) in [6.07, 6.45) is -4.22. The van der Waals surface area contributed by atoms with E-state index in [1.54, 1.807) is 38.1 Å². The average Bonchev–Trinajstić information content (AvgIpc) is 3.08. The number of hydrogen-bond acceptors (Lipinski definition) is 5. The van der Waals surface area contributed by atoms with Gasteiger partial charge in [-0.15, -0.1) is 11.3 Å². The number of hydrogen-bond donors (Lipinski definition) is 3. The fourth-order valence-corrected chi connectivity index (χ4v) is 2.96. The van der Waals surface area contributed by atoms with E-state index in [0.29, 0.717) is 11.3 Å². The van der Waals surface area contributed by atoms with Gasteiger partial charge in [0.1, 0.15) is 6.04 Å². The van der Waals surface area contributed by atoms with E-state index in [4.69, 9.17) is 5.11 Å². The molecule has 1 heterocycles. The van der Waals surface area contributed by atoms with Crippen molar-refractivity contribution in [3.8, 4) is 0 Å². The number of alkyl halides is 3. The quantitative estimate of drug-likeness (QED) is 0.653. The lowest BCUT2D eigenvalue weighted by atomic mass is 9.99. The number of nitrogens with zero attached hydrogens (tertiary/aromatic N) is 1. The molecule has 0 fully saturated rings. The molecule has 0 spiro atoms. The van der Waals surface area contributed by atoms with E-state index in [1.807, 2.05) is 0 Å². The molecule has 27 heavy (non-hydrogen) atoms. The van der Waals surface area contributed by atoms with Gasteiger partial charge in [-0.05, 0) is 31.0 Å². The number of carboxylic acids is 1. The Morgan fingerprint density at radius 2 is 1.89 bits per heavy atom. The number of thiazole rings is 1. The smallest absolute Gasteiger partial charge is 0.434 e.